The first-order valence-corrected chi connectivity index (χ1v) is 13.0. The zero-order valence-corrected chi connectivity index (χ0v) is 20.5. The zero-order chi connectivity index (χ0) is 25.9. The lowest BCUT2D eigenvalue weighted by Crippen LogP contribution is -2.23. The SMILES string of the molecule is Cc1ccc(C(=O)NCc2cc(-c3cccc(-c4cccc(C(=O)O)c4)c3)ccn2)cc1S(C)(=O)=O. The molecule has 0 saturated heterocycles. The predicted molar refractivity (Wildman–Crippen MR) is 138 cm³/mol. The zero-order valence-electron chi connectivity index (χ0n) is 19.7. The lowest BCUT2D eigenvalue weighted by molar-refractivity contribution is 0.0696. The van der Waals surface area contributed by atoms with Gasteiger partial charge in [-0.25, -0.2) is 13.2 Å². The van der Waals surface area contributed by atoms with Gasteiger partial charge in [-0.1, -0.05) is 36.4 Å². The predicted octanol–water partition coefficient (Wildman–Crippen LogP) is 4.76. The molecule has 0 radical (unpaired) electrons. The number of sulfone groups is 1. The first-order valence-electron chi connectivity index (χ1n) is 11.1. The molecule has 4 rings (SSSR count). The largest absolute Gasteiger partial charge is 0.478 e. The number of rotatable bonds is 7. The average molecular weight is 501 g/mol. The highest BCUT2D eigenvalue weighted by Gasteiger charge is 2.15. The number of carboxylic acid groups (broad SMARTS) is 1. The van der Waals surface area contributed by atoms with Gasteiger partial charge in [-0.15, -0.1) is 0 Å². The monoisotopic (exact) mass is 500 g/mol. The summed E-state index contributed by atoms with van der Waals surface area (Å²) < 4.78 is 23.9. The number of aryl methyl sites for hydroxylation is 1. The molecule has 7 nitrogen and oxygen atoms in total. The molecule has 182 valence electrons. The maximum atomic E-state index is 12.7. The first-order chi connectivity index (χ1) is 17.1. The Bertz CT molecular complexity index is 1580. The highest BCUT2D eigenvalue weighted by molar-refractivity contribution is 7.90. The van der Waals surface area contributed by atoms with Crippen molar-refractivity contribution in [3.63, 3.8) is 0 Å². The highest BCUT2D eigenvalue weighted by Crippen LogP contribution is 2.27. The molecule has 0 unspecified atom stereocenters. The molecule has 0 atom stereocenters. The van der Waals surface area contributed by atoms with E-state index in [-0.39, 0.29) is 22.6 Å². The summed E-state index contributed by atoms with van der Waals surface area (Å²) in [4.78, 5) is 28.5. The van der Waals surface area contributed by atoms with Crippen LogP contribution in [0, 0.1) is 6.92 Å². The molecule has 0 bridgehead atoms. The molecule has 4 aromatic rings. The normalized spacial score (nSPS) is 11.2. The molecule has 0 saturated carbocycles. The molecule has 0 aliphatic rings. The third kappa shape index (κ3) is 5.67. The number of nitrogens with zero attached hydrogens (tertiary/aromatic N) is 1. The number of aromatic nitrogens is 1. The Hall–Kier alpha value is -4.30. The number of hydrogen-bond acceptors (Lipinski definition) is 5. The summed E-state index contributed by atoms with van der Waals surface area (Å²) in [7, 11) is -3.44. The Labute approximate surface area is 209 Å². The van der Waals surface area contributed by atoms with Crippen molar-refractivity contribution < 1.29 is 23.1 Å². The lowest BCUT2D eigenvalue weighted by Gasteiger charge is -2.10. The molecule has 0 fully saturated rings. The van der Waals surface area contributed by atoms with Gasteiger partial charge in [0.2, 0.25) is 0 Å². The quantitative estimate of drug-likeness (QED) is 0.378. The maximum absolute atomic E-state index is 12.7. The summed E-state index contributed by atoms with van der Waals surface area (Å²) >= 11 is 0. The van der Waals surface area contributed by atoms with Crippen LogP contribution >= 0.6 is 0 Å². The van der Waals surface area contributed by atoms with Crippen LogP contribution in [0.4, 0.5) is 0 Å². The van der Waals surface area contributed by atoms with E-state index in [1.807, 2.05) is 42.5 Å². The van der Waals surface area contributed by atoms with Crippen molar-refractivity contribution in [3.05, 3.63) is 107 Å². The molecule has 1 amide bonds. The van der Waals surface area contributed by atoms with Gasteiger partial charge < -0.3 is 10.4 Å². The van der Waals surface area contributed by atoms with Gasteiger partial charge in [0.25, 0.3) is 5.91 Å². The smallest absolute Gasteiger partial charge is 0.335 e. The highest BCUT2D eigenvalue weighted by atomic mass is 32.2. The Morgan fingerprint density at radius 1 is 0.833 bits per heavy atom. The van der Waals surface area contributed by atoms with Crippen molar-refractivity contribution in [1.82, 2.24) is 10.3 Å². The summed E-state index contributed by atoms with van der Waals surface area (Å²) in [5.41, 5.74) is 5.17. The first kappa shape index (κ1) is 24.8. The number of nitrogens with one attached hydrogen (secondary N) is 1. The standard InChI is InChI=1S/C28H24N2O5S/c1-18-9-10-23(16-26(18)36(2,34)35)27(31)30-17-25-15-22(11-12-29-25)20-6-3-5-19(13-20)21-7-4-8-24(14-21)28(32)33/h3-16H,17H2,1-2H3,(H,30,31)(H,32,33). The van der Waals surface area contributed by atoms with Gasteiger partial charge in [0.1, 0.15) is 0 Å². The molecular weight excluding hydrogens is 476 g/mol. The van der Waals surface area contributed by atoms with Crippen molar-refractivity contribution in [2.45, 2.75) is 18.4 Å². The van der Waals surface area contributed by atoms with E-state index in [4.69, 9.17) is 0 Å². The van der Waals surface area contributed by atoms with Crippen molar-refractivity contribution in [1.29, 1.82) is 0 Å². The van der Waals surface area contributed by atoms with Crippen molar-refractivity contribution in [2.75, 3.05) is 6.26 Å². The third-order valence-electron chi connectivity index (χ3n) is 5.74. The molecule has 8 heteroatoms. The molecule has 1 heterocycles. The minimum atomic E-state index is -3.44. The maximum Gasteiger partial charge on any atom is 0.335 e. The molecule has 1 aromatic heterocycles. The molecule has 0 aliphatic heterocycles. The number of benzene rings is 3. The van der Waals surface area contributed by atoms with Gasteiger partial charge in [-0.3, -0.25) is 9.78 Å². The van der Waals surface area contributed by atoms with E-state index in [0.29, 0.717) is 11.3 Å². The van der Waals surface area contributed by atoms with Crippen LogP contribution in [0.2, 0.25) is 0 Å². The lowest BCUT2D eigenvalue weighted by atomic mass is 9.98. The van der Waals surface area contributed by atoms with Gasteiger partial charge in [0, 0.05) is 18.0 Å². The molecular formula is C28H24N2O5S. The van der Waals surface area contributed by atoms with E-state index in [0.717, 1.165) is 28.5 Å². The van der Waals surface area contributed by atoms with Crippen molar-refractivity contribution >= 4 is 21.7 Å². The number of carbonyl (C=O) groups is 2. The van der Waals surface area contributed by atoms with E-state index in [1.165, 1.54) is 6.07 Å². The summed E-state index contributed by atoms with van der Waals surface area (Å²) in [5.74, 6) is -1.38. The van der Waals surface area contributed by atoms with Crippen LogP contribution in [0.15, 0.2) is 90.0 Å². The van der Waals surface area contributed by atoms with Crippen LogP contribution in [0.1, 0.15) is 32.0 Å². The second-order valence-electron chi connectivity index (χ2n) is 8.44. The molecule has 36 heavy (non-hydrogen) atoms. The molecule has 2 N–H and O–H groups in total. The van der Waals surface area contributed by atoms with Crippen molar-refractivity contribution in [2.24, 2.45) is 0 Å². The van der Waals surface area contributed by atoms with E-state index in [2.05, 4.69) is 10.3 Å². The number of carboxylic acids is 1. The topological polar surface area (TPSA) is 113 Å². The van der Waals surface area contributed by atoms with Gasteiger partial charge in [-0.05, 0) is 77.2 Å². The minimum absolute atomic E-state index is 0.129. The average Bonchev–Trinajstić information content (AvgIpc) is 2.87. The fourth-order valence-electron chi connectivity index (χ4n) is 3.88. The number of pyridine rings is 1. The van der Waals surface area contributed by atoms with Crippen LogP contribution in [0.3, 0.4) is 0 Å². The number of aromatic carboxylic acids is 1. The van der Waals surface area contributed by atoms with Gasteiger partial charge >= 0.3 is 5.97 Å². The summed E-state index contributed by atoms with van der Waals surface area (Å²) in [6.45, 7) is 1.85. The molecule has 0 aliphatic carbocycles. The van der Waals surface area contributed by atoms with E-state index < -0.39 is 21.7 Å². The Balaban J connectivity index is 1.53. The Morgan fingerprint density at radius 2 is 1.47 bits per heavy atom. The summed E-state index contributed by atoms with van der Waals surface area (Å²) in [5, 5.41) is 12.1. The Morgan fingerprint density at radius 3 is 2.14 bits per heavy atom. The summed E-state index contributed by atoms with van der Waals surface area (Å²) in [6, 6.07) is 22.8. The molecule has 0 spiro atoms. The fourth-order valence-corrected chi connectivity index (χ4v) is 4.87. The van der Waals surface area contributed by atoms with Crippen LogP contribution in [0.25, 0.3) is 22.3 Å². The Kier molecular flexibility index (Phi) is 6.98. The van der Waals surface area contributed by atoms with E-state index in [1.54, 1.807) is 43.5 Å². The van der Waals surface area contributed by atoms with Gasteiger partial charge in [-0.2, -0.15) is 0 Å². The second-order valence-corrected chi connectivity index (χ2v) is 10.4. The van der Waals surface area contributed by atoms with Crippen molar-refractivity contribution in [3.8, 4) is 22.3 Å². The van der Waals surface area contributed by atoms with Gasteiger partial charge in [0.05, 0.1) is 22.7 Å². The van der Waals surface area contributed by atoms with Crippen LogP contribution in [-0.2, 0) is 16.4 Å². The number of carbonyl (C=O) groups excluding carboxylic acids is 1. The minimum Gasteiger partial charge on any atom is -0.478 e. The third-order valence-corrected chi connectivity index (χ3v) is 6.97. The second kappa shape index (κ2) is 10.1. The van der Waals surface area contributed by atoms with Crippen LogP contribution in [0.5, 0.6) is 0 Å². The number of hydrogen-bond donors (Lipinski definition) is 2. The van der Waals surface area contributed by atoms with E-state index >= 15 is 0 Å². The van der Waals surface area contributed by atoms with Gasteiger partial charge in [0.15, 0.2) is 9.84 Å². The molecule has 3 aromatic carbocycles. The fraction of sp³-hybridized carbons (Fsp3) is 0.107. The van der Waals surface area contributed by atoms with E-state index in [9.17, 15) is 23.1 Å². The summed E-state index contributed by atoms with van der Waals surface area (Å²) in [6.07, 6.45) is 2.77. The van der Waals surface area contributed by atoms with Crippen LogP contribution < -0.4 is 5.32 Å². The number of amides is 1. The van der Waals surface area contributed by atoms with Crippen LogP contribution in [-0.4, -0.2) is 36.6 Å².